The van der Waals surface area contributed by atoms with E-state index in [1.165, 1.54) is 0 Å². The topological polar surface area (TPSA) is 84.4 Å². The molecule has 2 heterocycles. The second kappa shape index (κ2) is 7.49. The maximum atomic E-state index is 11.7. The van der Waals surface area contributed by atoms with E-state index in [4.69, 9.17) is 4.74 Å². The molecule has 1 aliphatic heterocycles. The molecule has 1 fully saturated rings. The van der Waals surface area contributed by atoms with E-state index >= 15 is 0 Å². The molecule has 26 heavy (non-hydrogen) atoms. The molecule has 1 atom stereocenters. The fraction of sp³-hybridized carbons (Fsp3) is 0.444. The van der Waals surface area contributed by atoms with Gasteiger partial charge in [-0.25, -0.2) is 13.4 Å². The van der Waals surface area contributed by atoms with Gasteiger partial charge in [0.15, 0.2) is 9.84 Å². The van der Waals surface area contributed by atoms with Crippen LogP contribution in [-0.2, 0) is 9.84 Å². The fourth-order valence-corrected chi connectivity index (χ4v) is 4.67. The van der Waals surface area contributed by atoms with Crippen LogP contribution >= 0.6 is 0 Å². The lowest BCUT2D eigenvalue weighted by Crippen LogP contribution is -2.33. The predicted molar refractivity (Wildman–Crippen MR) is 103 cm³/mol. The highest BCUT2D eigenvalue weighted by atomic mass is 32.2. The van der Waals surface area contributed by atoms with E-state index in [0.29, 0.717) is 18.2 Å². The smallest absolute Gasteiger partial charge is 0.229 e. The van der Waals surface area contributed by atoms with Gasteiger partial charge in [0.25, 0.3) is 0 Å². The van der Waals surface area contributed by atoms with Crippen molar-refractivity contribution in [2.75, 3.05) is 28.8 Å². The van der Waals surface area contributed by atoms with Gasteiger partial charge in [0.2, 0.25) is 5.95 Å². The summed E-state index contributed by atoms with van der Waals surface area (Å²) in [6.45, 7) is 3.97. The Morgan fingerprint density at radius 2 is 1.96 bits per heavy atom. The van der Waals surface area contributed by atoms with Crippen LogP contribution in [-0.4, -0.2) is 49.1 Å². The van der Waals surface area contributed by atoms with Crippen LogP contribution in [0.1, 0.15) is 20.3 Å². The zero-order valence-electron chi connectivity index (χ0n) is 15.2. The summed E-state index contributed by atoms with van der Waals surface area (Å²) in [6.07, 6.45) is 2.42. The summed E-state index contributed by atoms with van der Waals surface area (Å²) in [4.78, 5) is 10.7. The highest BCUT2D eigenvalue weighted by Crippen LogP contribution is 2.23. The van der Waals surface area contributed by atoms with Gasteiger partial charge in [0.1, 0.15) is 11.6 Å². The van der Waals surface area contributed by atoms with Gasteiger partial charge < -0.3 is 15.0 Å². The zero-order chi connectivity index (χ0) is 18.7. The first-order chi connectivity index (χ1) is 12.3. The van der Waals surface area contributed by atoms with Crippen molar-refractivity contribution >= 4 is 27.3 Å². The predicted octanol–water partition coefficient (Wildman–Crippen LogP) is 2.63. The molecule has 0 bridgehead atoms. The molecule has 0 spiro atoms. The van der Waals surface area contributed by atoms with E-state index in [1.54, 1.807) is 12.3 Å². The average Bonchev–Trinajstić information content (AvgIpc) is 2.96. The van der Waals surface area contributed by atoms with E-state index in [-0.39, 0.29) is 23.7 Å². The quantitative estimate of drug-likeness (QED) is 0.829. The van der Waals surface area contributed by atoms with Crippen molar-refractivity contribution in [2.24, 2.45) is 0 Å². The Morgan fingerprint density at radius 1 is 1.23 bits per heavy atom. The normalized spacial score (nSPS) is 18.7. The van der Waals surface area contributed by atoms with Crippen molar-refractivity contribution in [2.45, 2.75) is 32.4 Å². The summed E-state index contributed by atoms with van der Waals surface area (Å²) < 4.78 is 29.0. The second-order valence-electron chi connectivity index (χ2n) is 6.72. The average molecular weight is 376 g/mol. The Kier molecular flexibility index (Phi) is 5.31. The highest BCUT2D eigenvalue weighted by Gasteiger charge is 2.31. The Morgan fingerprint density at radius 3 is 2.58 bits per heavy atom. The fourth-order valence-electron chi connectivity index (χ4n) is 2.89. The standard InChI is InChI=1S/C18H24N4O3S/c1-13(2)25-16-6-4-14(5-7-16)20-18-19-10-8-17(21-18)22(3)15-9-11-26(23,24)12-15/h4-8,10,13,15H,9,11-12H2,1-3H3,(H,19,20,21). The number of aromatic nitrogens is 2. The maximum absolute atomic E-state index is 11.7. The number of anilines is 3. The molecular weight excluding hydrogens is 352 g/mol. The van der Waals surface area contributed by atoms with Gasteiger partial charge in [0, 0.05) is 25.0 Å². The molecule has 0 amide bonds. The molecule has 7 nitrogen and oxygen atoms in total. The minimum Gasteiger partial charge on any atom is -0.491 e. The zero-order valence-corrected chi connectivity index (χ0v) is 16.0. The van der Waals surface area contributed by atoms with Gasteiger partial charge in [0.05, 0.1) is 17.6 Å². The van der Waals surface area contributed by atoms with Crippen LogP contribution in [0.3, 0.4) is 0 Å². The number of hydrogen-bond acceptors (Lipinski definition) is 7. The van der Waals surface area contributed by atoms with Crippen molar-refractivity contribution in [3.8, 4) is 5.75 Å². The molecule has 1 aliphatic rings. The van der Waals surface area contributed by atoms with E-state index in [1.807, 2.05) is 50.1 Å². The van der Waals surface area contributed by atoms with Crippen LogP contribution in [0.15, 0.2) is 36.5 Å². The van der Waals surface area contributed by atoms with E-state index in [0.717, 1.165) is 11.4 Å². The summed E-state index contributed by atoms with van der Waals surface area (Å²) in [5.74, 6) is 2.39. The van der Waals surface area contributed by atoms with Crippen molar-refractivity contribution in [1.29, 1.82) is 0 Å². The molecule has 0 aliphatic carbocycles. The Balaban J connectivity index is 1.69. The van der Waals surface area contributed by atoms with E-state index in [2.05, 4.69) is 15.3 Å². The van der Waals surface area contributed by atoms with Crippen molar-refractivity contribution in [3.63, 3.8) is 0 Å². The summed E-state index contributed by atoms with van der Waals surface area (Å²) >= 11 is 0. The number of nitrogens with zero attached hydrogens (tertiary/aromatic N) is 3. The number of rotatable bonds is 6. The van der Waals surface area contributed by atoms with Gasteiger partial charge >= 0.3 is 0 Å². The molecule has 1 saturated heterocycles. The van der Waals surface area contributed by atoms with Gasteiger partial charge in [-0.15, -0.1) is 0 Å². The molecule has 1 N–H and O–H groups in total. The van der Waals surface area contributed by atoms with Crippen LogP contribution in [0.25, 0.3) is 0 Å². The van der Waals surface area contributed by atoms with Crippen molar-refractivity contribution < 1.29 is 13.2 Å². The van der Waals surface area contributed by atoms with Crippen molar-refractivity contribution in [3.05, 3.63) is 36.5 Å². The molecule has 0 saturated carbocycles. The minimum atomic E-state index is -2.93. The van der Waals surface area contributed by atoms with Crippen LogP contribution in [0.4, 0.5) is 17.5 Å². The molecule has 8 heteroatoms. The van der Waals surface area contributed by atoms with Crippen LogP contribution in [0.5, 0.6) is 5.75 Å². The van der Waals surface area contributed by atoms with E-state index in [9.17, 15) is 8.42 Å². The molecule has 0 radical (unpaired) electrons. The SMILES string of the molecule is CC(C)Oc1ccc(Nc2nccc(N(C)C3CCS(=O)(=O)C3)n2)cc1. The third-order valence-corrected chi connectivity index (χ3v) is 5.99. The Hall–Kier alpha value is -2.35. The molecule has 1 aromatic carbocycles. The number of sulfone groups is 1. The van der Waals surface area contributed by atoms with Gasteiger partial charge in [-0.3, -0.25) is 0 Å². The largest absolute Gasteiger partial charge is 0.491 e. The number of nitrogens with one attached hydrogen (secondary N) is 1. The first kappa shape index (κ1) is 18.4. The Labute approximate surface area is 154 Å². The number of hydrogen-bond donors (Lipinski definition) is 1. The first-order valence-corrected chi connectivity index (χ1v) is 10.4. The molecule has 2 aromatic rings. The highest BCUT2D eigenvalue weighted by molar-refractivity contribution is 7.91. The minimum absolute atomic E-state index is 0.0461. The summed E-state index contributed by atoms with van der Waals surface area (Å²) in [6, 6.07) is 9.33. The maximum Gasteiger partial charge on any atom is 0.229 e. The van der Waals surface area contributed by atoms with Gasteiger partial charge in [-0.1, -0.05) is 0 Å². The summed E-state index contributed by atoms with van der Waals surface area (Å²) in [5.41, 5.74) is 0.851. The molecule has 1 unspecified atom stereocenters. The molecular formula is C18H24N4O3S. The third kappa shape index (κ3) is 4.63. The third-order valence-electron chi connectivity index (χ3n) is 4.24. The van der Waals surface area contributed by atoms with Crippen LogP contribution in [0.2, 0.25) is 0 Å². The second-order valence-corrected chi connectivity index (χ2v) is 8.95. The molecule has 3 rings (SSSR count). The molecule has 1 aromatic heterocycles. The van der Waals surface area contributed by atoms with Crippen LogP contribution in [0, 0.1) is 0 Å². The lowest BCUT2D eigenvalue weighted by atomic mass is 10.2. The Bertz CT molecular complexity index is 853. The lowest BCUT2D eigenvalue weighted by molar-refractivity contribution is 0.242. The summed E-state index contributed by atoms with van der Waals surface area (Å²) in [7, 11) is -1.06. The van der Waals surface area contributed by atoms with Gasteiger partial charge in [-0.05, 0) is 50.6 Å². The first-order valence-electron chi connectivity index (χ1n) is 8.62. The summed E-state index contributed by atoms with van der Waals surface area (Å²) in [5, 5.41) is 3.16. The van der Waals surface area contributed by atoms with E-state index < -0.39 is 9.84 Å². The van der Waals surface area contributed by atoms with Gasteiger partial charge in [-0.2, -0.15) is 4.98 Å². The monoisotopic (exact) mass is 376 g/mol. The van der Waals surface area contributed by atoms with Crippen molar-refractivity contribution in [1.82, 2.24) is 9.97 Å². The molecule has 140 valence electrons. The lowest BCUT2D eigenvalue weighted by Gasteiger charge is -2.24. The van der Waals surface area contributed by atoms with Crippen LogP contribution < -0.4 is 15.0 Å². The number of benzene rings is 1. The number of ether oxygens (including phenoxy) is 1.